The second-order valence-corrected chi connectivity index (χ2v) is 4.79. The van der Waals surface area contributed by atoms with Gasteiger partial charge in [-0.3, -0.25) is 9.78 Å². The third-order valence-electron chi connectivity index (χ3n) is 3.11. The Labute approximate surface area is 109 Å². The number of rotatable bonds is 7. The van der Waals surface area contributed by atoms with E-state index in [4.69, 9.17) is 5.73 Å². The van der Waals surface area contributed by atoms with Crippen molar-refractivity contribution in [3.8, 4) is 0 Å². The molecule has 1 aromatic heterocycles. The molecule has 0 bridgehead atoms. The van der Waals surface area contributed by atoms with E-state index in [0.717, 1.165) is 18.4 Å². The molecular weight excluding hydrogens is 226 g/mol. The zero-order valence-electron chi connectivity index (χ0n) is 11.2. The maximum atomic E-state index is 11.8. The molecule has 0 aromatic carbocycles. The molecule has 3 N–H and O–H groups in total. The molecule has 1 heterocycles. The molecule has 0 spiro atoms. The largest absolute Gasteiger partial charge is 0.350 e. The molecule has 100 valence electrons. The van der Waals surface area contributed by atoms with Gasteiger partial charge in [-0.1, -0.05) is 6.92 Å². The second kappa shape index (κ2) is 7.82. The number of nitrogens with one attached hydrogen (secondary N) is 1. The minimum atomic E-state index is 0.0327. The summed E-state index contributed by atoms with van der Waals surface area (Å²) in [5, 5.41) is 3.00. The molecule has 1 rings (SSSR count). The Hall–Kier alpha value is -1.42. The van der Waals surface area contributed by atoms with Crippen LogP contribution in [-0.2, 0) is 4.79 Å². The van der Waals surface area contributed by atoms with E-state index in [-0.39, 0.29) is 11.9 Å². The van der Waals surface area contributed by atoms with Crippen LogP contribution >= 0.6 is 0 Å². The van der Waals surface area contributed by atoms with Crippen LogP contribution in [0.5, 0.6) is 0 Å². The second-order valence-electron chi connectivity index (χ2n) is 4.79. The van der Waals surface area contributed by atoms with Gasteiger partial charge in [0.25, 0.3) is 0 Å². The van der Waals surface area contributed by atoms with Crippen molar-refractivity contribution in [1.29, 1.82) is 0 Å². The lowest BCUT2D eigenvalue weighted by atomic mass is 10.0. The average molecular weight is 249 g/mol. The Morgan fingerprint density at radius 2 is 2.00 bits per heavy atom. The summed E-state index contributed by atoms with van der Waals surface area (Å²) in [5.74, 6) is 0.611. The van der Waals surface area contributed by atoms with Crippen molar-refractivity contribution in [3.63, 3.8) is 0 Å². The molecule has 1 aromatic rings. The van der Waals surface area contributed by atoms with Gasteiger partial charge >= 0.3 is 0 Å². The Morgan fingerprint density at radius 3 is 2.61 bits per heavy atom. The van der Waals surface area contributed by atoms with Crippen molar-refractivity contribution in [2.24, 2.45) is 11.7 Å². The molecule has 4 heteroatoms. The first-order valence-electron chi connectivity index (χ1n) is 6.52. The van der Waals surface area contributed by atoms with Gasteiger partial charge in [0.2, 0.25) is 5.91 Å². The monoisotopic (exact) mass is 249 g/mol. The van der Waals surface area contributed by atoms with Crippen molar-refractivity contribution < 1.29 is 4.79 Å². The van der Waals surface area contributed by atoms with E-state index in [9.17, 15) is 4.79 Å². The predicted octanol–water partition coefficient (Wildman–Crippen LogP) is 2.02. The maximum absolute atomic E-state index is 11.8. The highest BCUT2D eigenvalue weighted by molar-refractivity contribution is 5.76. The Balaban J connectivity index is 2.32. The fourth-order valence-corrected chi connectivity index (χ4v) is 1.86. The fraction of sp³-hybridized carbons (Fsp3) is 0.571. The van der Waals surface area contributed by atoms with Gasteiger partial charge in [-0.25, -0.2) is 0 Å². The van der Waals surface area contributed by atoms with Crippen molar-refractivity contribution >= 4 is 5.91 Å². The summed E-state index contributed by atoms with van der Waals surface area (Å²) in [5.41, 5.74) is 6.56. The summed E-state index contributed by atoms with van der Waals surface area (Å²) in [6.45, 7) is 4.80. The Morgan fingerprint density at radius 1 is 1.33 bits per heavy atom. The number of carbonyl (C=O) groups excluding carboxylic acids is 1. The molecular formula is C14H23N3O. The van der Waals surface area contributed by atoms with Crippen LogP contribution in [0, 0.1) is 5.92 Å². The molecule has 0 saturated carbocycles. The lowest BCUT2D eigenvalue weighted by Gasteiger charge is -2.15. The van der Waals surface area contributed by atoms with Gasteiger partial charge in [0, 0.05) is 18.8 Å². The highest BCUT2D eigenvalue weighted by Crippen LogP contribution is 2.12. The number of amides is 1. The summed E-state index contributed by atoms with van der Waals surface area (Å²) >= 11 is 0. The summed E-state index contributed by atoms with van der Waals surface area (Å²) < 4.78 is 0. The number of hydrogen-bond acceptors (Lipinski definition) is 3. The van der Waals surface area contributed by atoms with E-state index < -0.39 is 0 Å². The lowest BCUT2D eigenvalue weighted by molar-refractivity contribution is -0.122. The molecule has 0 aliphatic carbocycles. The normalized spacial score (nSPS) is 13.9. The number of carbonyl (C=O) groups is 1. The van der Waals surface area contributed by atoms with E-state index in [1.165, 1.54) is 0 Å². The first kappa shape index (κ1) is 14.6. The van der Waals surface area contributed by atoms with Crippen LogP contribution in [0.2, 0.25) is 0 Å². The van der Waals surface area contributed by atoms with E-state index in [1.807, 2.05) is 19.1 Å². The van der Waals surface area contributed by atoms with Gasteiger partial charge in [0.1, 0.15) is 0 Å². The number of nitrogens with two attached hydrogens (primary N) is 1. The molecule has 1 unspecified atom stereocenters. The number of hydrogen-bond donors (Lipinski definition) is 2. The topological polar surface area (TPSA) is 68.0 Å². The molecule has 0 saturated heterocycles. The molecule has 1 amide bonds. The summed E-state index contributed by atoms with van der Waals surface area (Å²) in [4.78, 5) is 15.7. The number of pyridine rings is 1. The fourth-order valence-electron chi connectivity index (χ4n) is 1.86. The first-order valence-corrected chi connectivity index (χ1v) is 6.52. The highest BCUT2D eigenvalue weighted by atomic mass is 16.1. The summed E-state index contributed by atoms with van der Waals surface area (Å²) in [6, 6.07) is 3.87. The molecule has 18 heavy (non-hydrogen) atoms. The molecule has 0 aliphatic heterocycles. The average Bonchev–Trinajstić information content (AvgIpc) is 2.38. The summed E-state index contributed by atoms with van der Waals surface area (Å²) in [7, 11) is 0. The minimum absolute atomic E-state index is 0.0327. The molecule has 4 nitrogen and oxygen atoms in total. The smallest absolute Gasteiger partial charge is 0.220 e. The number of aromatic nitrogens is 1. The van der Waals surface area contributed by atoms with Crippen molar-refractivity contribution in [2.75, 3.05) is 6.54 Å². The predicted molar refractivity (Wildman–Crippen MR) is 72.9 cm³/mol. The van der Waals surface area contributed by atoms with Gasteiger partial charge in [-0.05, 0) is 49.9 Å². The van der Waals surface area contributed by atoms with Gasteiger partial charge in [0.05, 0.1) is 6.04 Å². The third kappa shape index (κ3) is 5.27. The first-order chi connectivity index (χ1) is 8.63. The van der Waals surface area contributed by atoms with Crippen LogP contribution in [0.4, 0.5) is 0 Å². The third-order valence-corrected chi connectivity index (χ3v) is 3.11. The van der Waals surface area contributed by atoms with Crippen molar-refractivity contribution in [3.05, 3.63) is 30.1 Å². The standard InChI is InChI=1S/C14H23N3O/c1-11(5-8-15)3-4-14(18)17-12(2)13-6-9-16-10-7-13/h6-7,9-12H,3-5,8,15H2,1-2H3,(H,17,18)/t11?,12-/m0/s1. The maximum Gasteiger partial charge on any atom is 0.220 e. The molecule has 0 aliphatic rings. The van der Waals surface area contributed by atoms with Crippen LogP contribution in [0.25, 0.3) is 0 Å². The van der Waals surface area contributed by atoms with Gasteiger partial charge in [0.15, 0.2) is 0 Å². The minimum Gasteiger partial charge on any atom is -0.350 e. The van der Waals surface area contributed by atoms with Crippen molar-refractivity contribution in [1.82, 2.24) is 10.3 Å². The van der Waals surface area contributed by atoms with Crippen LogP contribution in [0.3, 0.4) is 0 Å². The molecule has 2 atom stereocenters. The SMILES string of the molecule is CC(CCN)CCC(=O)N[C@@H](C)c1ccncc1. The number of nitrogens with zero attached hydrogens (tertiary/aromatic N) is 1. The van der Waals surface area contributed by atoms with Gasteiger partial charge in [-0.15, -0.1) is 0 Å². The van der Waals surface area contributed by atoms with Gasteiger partial charge < -0.3 is 11.1 Å². The molecule has 0 radical (unpaired) electrons. The highest BCUT2D eigenvalue weighted by Gasteiger charge is 2.10. The summed E-state index contributed by atoms with van der Waals surface area (Å²) in [6.07, 6.45) is 5.92. The Kier molecular flexibility index (Phi) is 6.36. The Bertz CT molecular complexity index is 353. The zero-order valence-corrected chi connectivity index (χ0v) is 11.2. The van der Waals surface area contributed by atoms with Crippen LogP contribution in [0.1, 0.15) is 44.7 Å². The van der Waals surface area contributed by atoms with E-state index in [2.05, 4.69) is 17.2 Å². The molecule has 0 fully saturated rings. The van der Waals surface area contributed by atoms with Gasteiger partial charge in [-0.2, -0.15) is 0 Å². The van der Waals surface area contributed by atoms with E-state index in [0.29, 0.717) is 18.9 Å². The van der Waals surface area contributed by atoms with Crippen molar-refractivity contribution in [2.45, 2.75) is 39.2 Å². The van der Waals surface area contributed by atoms with Crippen LogP contribution < -0.4 is 11.1 Å². The van der Waals surface area contributed by atoms with Crippen LogP contribution in [-0.4, -0.2) is 17.4 Å². The van der Waals surface area contributed by atoms with E-state index in [1.54, 1.807) is 12.4 Å². The quantitative estimate of drug-likeness (QED) is 0.777. The van der Waals surface area contributed by atoms with Crippen LogP contribution in [0.15, 0.2) is 24.5 Å². The zero-order chi connectivity index (χ0) is 13.4. The lowest BCUT2D eigenvalue weighted by Crippen LogP contribution is -2.26. The van der Waals surface area contributed by atoms with E-state index >= 15 is 0 Å².